The topological polar surface area (TPSA) is 188 Å². The van der Waals surface area contributed by atoms with Gasteiger partial charge in [-0.25, -0.2) is 13.1 Å². The maximum atomic E-state index is 14.5. The van der Waals surface area contributed by atoms with Gasteiger partial charge < -0.3 is 20.9 Å². The van der Waals surface area contributed by atoms with E-state index in [0.29, 0.717) is 32.2 Å². The van der Waals surface area contributed by atoms with Gasteiger partial charge in [-0.3, -0.25) is 28.8 Å². The Morgan fingerprint density at radius 2 is 1.51 bits per heavy atom. The predicted molar refractivity (Wildman–Crippen MR) is 176 cm³/mol. The van der Waals surface area contributed by atoms with Crippen LogP contribution < -0.4 is 20.7 Å². The third-order valence-electron chi connectivity index (χ3n) is 9.88. The molecule has 47 heavy (non-hydrogen) atoms. The van der Waals surface area contributed by atoms with Crippen molar-refractivity contribution in [3.05, 3.63) is 0 Å². The Labute approximate surface area is 279 Å². The van der Waals surface area contributed by atoms with Crippen LogP contribution in [0.3, 0.4) is 0 Å². The summed E-state index contributed by atoms with van der Waals surface area (Å²) in [7, 11) is -3.68. The van der Waals surface area contributed by atoms with Gasteiger partial charge in [-0.15, -0.1) is 0 Å². The van der Waals surface area contributed by atoms with E-state index in [1.807, 2.05) is 27.7 Å². The zero-order valence-electron chi connectivity index (χ0n) is 29.0. The van der Waals surface area contributed by atoms with Crippen molar-refractivity contribution in [2.75, 3.05) is 12.8 Å². The Morgan fingerprint density at radius 3 is 2.06 bits per heavy atom. The number of carbonyl (C=O) groups excluding carboxylic acids is 6. The van der Waals surface area contributed by atoms with E-state index in [2.05, 4.69) is 20.7 Å². The SMILES string of the molecule is CCC[C@H](NC(=O)[C@@H]1[C@H]2CCC[C@H]2CN1C(=O)[C@@H](NC(=O)[C@@H](NC(=O)[C@@H](C)NS(C)(=O)=O)C1CCCCC1)C(C)(C)C)C(=O)C(C)=O. The van der Waals surface area contributed by atoms with E-state index in [-0.39, 0.29) is 17.8 Å². The maximum Gasteiger partial charge on any atom is 0.246 e. The minimum absolute atomic E-state index is 0.0947. The molecule has 0 spiro atoms. The van der Waals surface area contributed by atoms with Crippen LogP contribution in [0.1, 0.15) is 106 Å². The first-order valence-corrected chi connectivity index (χ1v) is 19.0. The summed E-state index contributed by atoms with van der Waals surface area (Å²) in [4.78, 5) is 81.5. The van der Waals surface area contributed by atoms with Gasteiger partial charge in [0.05, 0.1) is 18.3 Å². The number of Topliss-reactive ketones (excluding diaryl/α,β-unsaturated/α-hetero) is 2. The summed E-state index contributed by atoms with van der Waals surface area (Å²) in [5.74, 6) is -3.61. The number of nitrogens with zero attached hydrogens (tertiary/aromatic N) is 1. The van der Waals surface area contributed by atoms with Gasteiger partial charge >= 0.3 is 0 Å². The lowest BCUT2D eigenvalue weighted by atomic mass is 9.82. The van der Waals surface area contributed by atoms with Crippen molar-refractivity contribution in [1.82, 2.24) is 25.6 Å². The number of fused-ring (bicyclic) bond motifs is 1. The molecule has 3 fully saturated rings. The summed E-state index contributed by atoms with van der Waals surface area (Å²) >= 11 is 0. The lowest BCUT2D eigenvalue weighted by molar-refractivity contribution is -0.146. The van der Waals surface area contributed by atoms with E-state index >= 15 is 0 Å². The number of rotatable bonds is 14. The highest BCUT2D eigenvalue weighted by molar-refractivity contribution is 7.88. The highest BCUT2D eigenvalue weighted by atomic mass is 32.2. The summed E-state index contributed by atoms with van der Waals surface area (Å²) in [6.45, 7) is 10.2. The molecule has 4 N–H and O–H groups in total. The van der Waals surface area contributed by atoms with Gasteiger partial charge in [-0.05, 0) is 62.2 Å². The molecule has 0 aromatic heterocycles. The van der Waals surface area contributed by atoms with Gasteiger partial charge in [0.15, 0.2) is 5.78 Å². The Kier molecular flexibility index (Phi) is 13.1. The van der Waals surface area contributed by atoms with E-state index in [1.54, 1.807) is 0 Å². The van der Waals surface area contributed by atoms with Crippen LogP contribution in [-0.2, 0) is 38.8 Å². The van der Waals surface area contributed by atoms with Gasteiger partial charge in [0.2, 0.25) is 39.4 Å². The number of nitrogens with one attached hydrogen (secondary N) is 4. The first kappa shape index (κ1) is 38.6. The third-order valence-corrected chi connectivity index (χ3v) is 10.7. The quantitative estimate of drug-likeness (QED) is 0.199. The number of amides is 4. The molecule has 0 bridgehead atoms. The van der Waals surface area contributed by atoms with Gasteiger partial charge in [-0.2, -0.15) is 0 Å². The van der Waals surface area contributed by atoms with E-state index in [4.69, 9.17) is 0 Å². The Morgan fingerprint density at radius 1 is 0.872 bits per heavy atom. The summed E-state index contributed by atoms with van der Waals surface area (Å²) in [5.41, 5.74) is -0.785. The van der Waals surface area contributed by atoms with Crippen molar-refractivity contribution >= 4 is 45.2 Å². The Balaban J connectivity index is 1.89. The molecule has 13 nitrogen and oxygen atoms in total. The smallest absolute Gasteiger partial charge is 0.246 e. The molecule has 2 saturated carbocycles. The Hall–Kier alpha value is -2.87. The van der Waals surface area contributed by atoms with Crippen molar-refractivity contribution < 1.29 is 37.2 Å². The molecule has 3 aliphatic rings. The normalized spacial score (nSPS) is 24.4. The molecule has 14 heteroatoms. The molecule has 0 aromatic rings. The minimum atomic E-state index is -3.68. The van der Waals surface area contributed by atoms with Crippen molar-refractivity contribution in [1.29, 1.82) is 0 Å². The Bertz CT molecular complexity index is 1310. The highest BCUT2D eigenvalue weighted by Gasteiger charge is 2.52. The zero-order chi connectivity index (χ0) is 35.3. The fraction of sp³-hybridized carbons (Fsp3) is 0.818. The summed E-state index contributed by atoms with van der Waals surface area (Å²) in [6.07, 6.45) is 8.47. The third kappa shape index (κ3) is 10.1. The molecule has 1 saturated heterocycles. The van der Waals surface area contributed by atoms with Crippen LogP contribution in [0.25, 0.3) is 0 Å². The average Bonchev–Trinajstić information content (AvgIpc) is 3.58. The van der Waals surface area contributed by atoms with E-state index < -0.39 is 80.8 Å². The number of hydrogen-bond donors (Lipinski definition) is 4. The molecule has 2 aliphatic carbocycles. The van der Waals surface area contributed by atoms with Crippen LogP contribution in [0.15, 0.2) is 0 Å². The monoisotopic (exact) mass is 681 g/mol. The van der Waals surface area contributed by atoms with E-state index in [1.165, 1.54) is 18.7 Å². The fourth-order valence-corrected chi connectivity index (χ4v) is 8.24. The standard InChI is InChI=1S/C33H55N5O8S/c1-8-13-24(27(40)20(3)39)34-31(43)26-23-17-12-16-22(23)18-38(26)32(44)28(33(4,5)6)36-30(42)25(21-14-10-9-11-15-21)35-29(41)19(2)37-47(7,45)46/h19,21-26,28,37H,8-18H2,1-7H3,(H,34,43)(H,35,41)(H,36,42)/t19-,22+,23+,24+,25+,26+,28-/m1/s1. The summed E-state index contributed by atoms with van der Waals surface area (Å²) in [6, 6.07) is -4.98. The number of likely N-dealkylation sites (tertiary alicyclic amines) is 1. The van der Waals surface area contributed by atoms with E-state index in [0.717, 1.165) is 44.8 Å². The molecule has 0 unspecified atom stereocenters. The van der Waals surface area contributed by atoms with Crippen molar-refractivity contribution in [3.8, 4) is 0 Å². The zero-order valence-corrected chi connectivity index (χ0v) is 29.8. The molecule has 266 valence electrons. The van der Waals surface area contributed by atoms with Gasteiger partial charge in [0.25, 0.3) is 0 Å². The minimum Gasteiger partial charge on any atom is -0.344 e. The van der Waals surface area contributed by atoms with Crippen LogP contribution >= 0.6 is 0 Å². The number of ketones is 2. The average molecular weight is 682 g/mol. The first-order chi connectivity index (χ1) is 21.9. The lowest BCUT2D eigenvalue weighted by Crippen LogP contribution is -2.63. The van der Waals surface area contributed by atoms with Crippen LogP contribution in [0.5, 0.6) is 0 Å². The molecule has 0 radical (unpaired) electrons. The second kappa shape index (κ2) is 16.0. The number of carbonyl (C=O) groups is 6. The molecular weight excluding hydrogens is 626 g/mol. The highest BCUT2D eigenvalue weighted by Crippen LogP contribution is 2.43. The second-order valence-electron chi connectivity index (χ2n) is 14.9. The first-order valence-electron chi connectivity index (χ1n) is 17.1. The van der Waals surface area contributed by atoms with Gasteiger partial charge in [0.1, 0.15) is 18.1 Å². The fourth-order valence-electron chi connectivity index (χ4n) is 7.49. The van der Waals surface area contributed by atoms with Crippen LogP contribution in [0.2, 0.25) is 0 Å². The van der Waals surface area contributed by atoms with Crippen molar-refractivity contribution in [2.45, 2.75) is 136 Å². The summed E-state index contributed by atoms with van der Waals surface area (Å²) in [5, 5.41) is 8.47. The molecule has 3 rings (SSSR count). The molecule has 7 atom stereocenters. The molecule has 1 aliphatic heterocycles. The molecule has 0 aromatic carbocycles. The lowest BCUT2D eigenvalue weighted by Gasteiger charge is -2.38. The van der Waals surface area contributed by atoms with Crippen LogP contribution in [0, 0.1) is 23.2 Å². The molecule has 4 amide bonds. The van der Waals surface area contributed by atoms with Crippen molar-refractivity contribution in [2.24, 2.45) is 23.2 Å². The number of sulfonamides is 1. The van der Waals surface area contributed by atoms with Crippen LogP contribution in [-0.4, -0.2) is 91.5 Å². The van der Waals surface area contributed by atoms with Gasteiger partial charge in [0, 0.05) is 13.5 Å². The molecule has 1 heterocycles. The maximum absolute atomic E-state index is 14.5. The largest absolute Gasteiger partial charge is 0.344 e. The van der Waals surface area contributed by atoms with Gasteiger partial charge in [-0.1, -0.05) is 59.8 Å². The second-order valence-corrected chi connectivity index (χ2v) is 16.6. The molecular formula is C33H55N5O8S. The van der Waals surface area contributed by atoms with E-state index in [9.17, 15) is 37.2 Å². The predicted octanol–water partition coefficient (Wildman–Crippen LogP) is 1.59. The number of hydrogen-bond acceptors (Lipinski definition) is 8. The van der Waals surface area contributed by atoms with Crippen LogP contribution in [0.4, 0.5) is 0 Å². The van der Waals surface area contributed by atoms with Crippen molar-refractivity contribution in [3.63, 3.8) is 0 Å². The summed E-state index contributed by atoms with van der Waals surface area (Å²) < 4.78 is 25.8.